The molecule has 0 amide bonds. The van der Waals surface area contributed by atoms with Crippen molar-refractivity contribution >= 4 is 0 Å². The number of ether oxygens (including phenoxy) is 1. The maximum atomic E-state index is 5.37. The van der Waals surface area contributed by atoms with Crippen LogP contribution in [0, 0.1) is 0 Å². The van der Waals surface area contributed by atoms with Gasteiger partial charge < -0.3 is 14.6 Å². The van der Waals surface area contributed by atoms with E-state index < -0.39 is 0 Å². The van der Waals surface area contributed by atoms with Crippen molar-refractivity contribution < 1.29 is 4.74 Å². The first-order valence-corrected chi connectivity index (χ1v) is 6.41. The molecule has 0 bridgehead atoms. The van der Waals surface area contributed by atoms with E-state index in [4.69, 9.17) is 4.74 Å². The van der Waals surface area contributed by atoms with Gasteiger partial charge in [0.1, 0.15) is 17.9 Å². The van der Waals surface area contributed by atoms with Crippen LogP contribution >= 0.6 is 0 Å². The van der Waals surface area contributed by atoms with Crippen molar-refractivity contribution in [1.29, 1.82) is 0 Å². The molecule has 1 aromatic carbocycles. The van der Waals surface area contributed by atoms with Gasteiger partial charge in [0, 0.05) is 31.6 Å². The predicted molar refractivity (Wildman–Crippen MR) is 74.1 cm³/mol. The lowest BCUT2D eigenvalue weighted by molar-refractivity contribution is 0.401. The van der Waals surface area contributed by atoms with Gasteiger partial charge in [0.05, 0.1) is 7.11 Å². The van der Waals surface area contributed by atoms with Crippen LogP contribution in [0.2, 0.25) is 0 Å². The highest BCUT2D eigenvalue weighted by Crippen LogP contribution is 2.23. The van der Waals surface area contributed by atoms with E-state index in [1.54, 1.807) is 13.4 Å². The molecular weight excluding hydrogens is 240 g/mol. The largest absolute Gasteiger partial charge is 0.496 e. The third-order valence-corrected chi connectivity index (χ3v) is 3.21. The Balaban J connectivity index is 1.91. The molecule has 0 spiro atoms. The van der Waals surface area contributed by atoms with Gasteiger partial charge >= 0.3 is 0 Å². The third-order valence-electron chi connectivity index (χ3n) is 3.21. The number of rotatable bonds is 6. The van der Waals surface area contributed by atoms with E-state index in [0.29, 0.717) is 0 Å². The van der Waals surface area contributed by atoms with Crippen molar-refractivity contribution in [3.63, 3.8) is 0 Å². The molecule has 0 saturated carbocycles. The van der Waals surface area contributed by atoms with E-state index in [9.17, 15) is 0 Å². The van der Waals surface area contributed by atoms with E-state index >= 15 is 0 Å². The molecule has 1 N–H and O–H groups in total. The Morgan fingerprint density at radius 1 is 1.37 bits per heavy atom. The van der Waals surface area contributed by atoms with Crippen LogP contribution in [0.15, 0.2) is 30.6 Å². The lowest BCUT2D eigenvalue weighted by Gasteiger charge is -2.17. The zero-order valence-corrected chi connectivity index (χ0v) is 11.6. The summed E-state index contributed by atoms with van der Waals surface area (Å²) in [5, 5.41) is 11.4. The maximum Gasteiger partial charge on any atom is 0.133 e. The van der Waals surface area contributed by atoms with Crippen molar-refractivity contribution in [3.8, 4) is 5.75 Å². The zero-order valence-electron chi connectivity index (χ0n) is 11.6. The lowest BCUT2D eigenvalue weighted by Crippen LogP contribution is -2.22. The Bertz CT molecular complexity index is 524. The normalized spacial score (nSPS) is 12.4. The first-order chi connectivity index (χ1) is 9.22. The van der Waals surface area contributed by atoms with Crippen LogP contribution in [0.3, 0.4) is 0 Å². The molecule has 0 aliphatic heterocycles. The number of methoxy groups -OCH3 is 1. The summed E-state index contributed by atoms with van der Waals surface area (Å²) in [5.41, 5.74) is 1.17. The van der Waals surface area contributed by atoms with Crippen molar-refractivity contribution in [2.24, 2.45) is 7.05 Å². The topological polar surface area (TPSA) is 52.0 Å². The molecule has 2 rings (SSSR count). The summed E-state index contributed by atoms with van der Waals surface area (Å²) in [6, 6.07) is 8.31. The Kier molecular flexibility index (Phi) is 4.52. The molecule has 102 valence electrons. The molecule has 1 heterocycles. The number of aryl methyl sites for hydroxylation is 1. The monoisotopic (exact) mass is 260 g/mol. The highest BCUT2D eigenvalue weighted by molar-refractivity contribution is 5.35. The first-order valence-electron chi connectivity index (χ1n) is 6.41. The molecule has 1 atom stereocenters. The van der Waals surface area contributed by atoms with Crippen LogP contribution < -0.4 is 10.1 Å². The smallest absolute Gasteiger partial charge is 0.133 e. The van der Waals surface area contributed by atoms with Crippen LogP contribution in [0.25, 0.3) is 0 Å². The highest BCUT2D eigenvalue weighted by Gasteiger charge is 2.10. The number of para-hydroxylation sites is 1. The van der Waals surface area contributed by atoms with Gasteiger partial charge in [-0.25, -0.2) is 0 Å². The van der Waals surface area contributed by atoms with Crippen LogP contribution in [0.1, 0.15) is 24.4 Å². The Hall–Kier alpha value is -1.88. The number of hydrogen-bond donors (Lipinski definition) is 1. The molecule has 1 aromatic heterocycles. The fourth-order valence-electron chi connectivity index (χ4n) is 2.07. The zero-order chi connectivity index (χ0) is 13.7. The Labute approximate surface area is 113 Å². The maximum absolute atomic E-state index is 5.37. The summed E-state index contributed by atoms with van der Waals surface area (Å²) in [5.74, 6) is 1.90. The van der Waals surface area contributed by atoms with E-state index in [1.807, 2.05) is 29.8 Å². The molecule has 2 aromatic rings. The van der Waals surface area contributed by atoms with Crippen LogP contribution in [-0.2, 0) is 13.5 Å². The summed E-state index contributed by atoms with van der Waals surface area (Å²) >= 11 is 0. The average Bonchev–Trinajstić information content (AvgIpc) is 2.84. The van der Waals surface area contributed by atoms with Gasteiger partial charge in [-0.1, -0.05) is 18.2 Å². The summed E-state index contributed by atoms with van der Waals surface area (Å²) < 4.78 is 7.31. The molecule has 0 saturated heterocycles. The van der Waals surface area contributed by atoms with Crippen molar-refractivity contribution in [2.45, 2.75) is 19.4 Å². The van der Waals surface area contributed by atoms with Crippen LogP contribution in [-0.4, -0.2) is 28.4 Å². The second kappa shape index (κ2) is 6.33. The van der Waals surface area contributed by atoms with Crippen molar-refractivity contribution in [1.82, 2.24) is 20.1 Å². The molecule has 5 heteroatoms. The summed E-state index contributed by atoms with van der Waals surface area (Å²) in [6.45, 7) is 2.99. The molecule has 0 radical (unpaired) electrons. The minimum absolute atomic E-state index is 0.240. The molecule has 0 aliphatic carbocycles. The van der Waals surface area contributed by atoms with E-state index in [0.717, 1.165) is 24.5 Å². The van der Waals surface area contributed by atoms with Gasteiger partial charge in [-0.2, -0.15) is 0 Å². The minimum atomic E-state index is 0.240. The second-order valence-electron chi connectivity index (χ2n) is 4.53. The molecule has 19 heavy (non-hydrogen) atoms. The lowest BCUT2D eigenvalue weighted by atomic mass is 10.1. The molecule has 0 fully saturated rings. The van der Waals surface area contributed by atoms with Gasteiger partial charge in [0.15, 0.2) is 0 Å². The van der Waals surface area contributed by atoms with Gasteiger partial charge in [0.2, 0.25) is 0 Å². The quantitative estimate of drug-likeness (QED) is 0.859. The minimum Gasteiger partial charge on any atom is -0.496 e. The average molecular weight is 260 g/mol. The van der Waals surface area contributed by atoms with E-state index in [2.05, 4.69) is 28.5 Å². The first kappa shape index (κ1) is 13.5. The van der Waals surface area contributed by atoms with Crippen LogP contribution in [0.4, 0.5) is 0 Å². The number of nitrogens with zero attached hydrogens (tertiary/aromatic N) is 3. The Morgan fingerprint density at radius 2 is 2.16 bits per heavy atom. The van der Waals surface area contributed by atoms with Crippen molar-refractivity contribution in [2.75, 3.05) is 13.7 Å². The fraction of sp³-hybridized carbons (Fsp3) is 0.429. The van der Waals surface area contributed by atoms with Crippen LogP contribution in [0.5, 0.6) is 5.75 Å². The Morgan fingerprint density at radius 3 is 2.84 bits per heavy atom. The number of aromatic nitrogens is 3. The molecular formula is C14H20N4O. The number of benzene rings is 1. The SMILES string of the molecule is COc1ccccc1C(C)NCCc1nncn1C. The third kappa shape index (κ3) is 3.32. The standard InChI is InChI=1S/C14H20N4O/c1-11(12-6-4-5-7-13(12)19-3)15-9-8-14-17-16-10-18(14)2/h4-7,10-11,15H,8-9H2,1-3H3. The van der Waals surface area contributed by atoms with Gasteiger partial charge in [-0.15, -0.1) is 10.2 Å². The number of hydrogen-bond acceptors (Lipinski definition) is 4. The summed E-state index contributed by atoms with van der Waals surface area (Å²) in [6.07, 6.45) is 2.58. The summed E-state index contributed by atoms with van der Waals surface area (Å²) in [4.78, 5) is 0. The van der Waals surface area contributed by atoms with Gasteiger partial charge in [0.25, 0.3) is 0 Å². The summed E-state index contributed by atoms with van der Waals surface area (Å²) in [7, 11) is 3.66. The van der Waals surface area contributed by atoms with E-state index in [-0.39, 0.29) is 6.04 Å². The van der Waals surface area contributed by atoms with Gasteiger partial charge in [-0.3, -0.25) is 0 Å². The predicted octanol–water partition coefficient (Wildman–Crippen LogP) is 1.72. The molecule has 1 unspecified atom stereocenters. The second-order valence-corrected chi connectivity index (χ2v) is 4.53. The van der Waals surface area contributed by atoms with Gasteiger partial charge in [-0.05, 0) is 13.0 Å². The fourth-order valence-corrected chi connectivity index (χ4v) is 2.07. The van der Waals surface area contributed by atoms with Crippen molar-refractivity contribution in [3.05, 3.63) is 42.0 Å². The molecule has 5 nitrogen and oxygen atoms in total. The molecule has 0 aliphatic rings. The highest BCUT2D eigenvalue weighted by atomic mass is 16.5. The van der Waals surface area contributed by atoms with E-state index in [1.165, 1.54) is 5.56 Å². The number of nitrogens with one attached hydrogen (secondary N) is 1.